The van der Waals surface area contributed by atoms with E-state index < -0.39 is 5.72 Å². The molecule has 0 aromatic heterocycles. The van der Waals surface area contributed by atoms with Gasteiger partial charge in [0.1, 0.15) is 11.5 Å². The van der Waals surface area contributed by atoms with Gasteiger partial charge < -0.3 is 14.6 Å². The summed E-state index contributed by atoms with van der Waals surface area (Å²) in [5.41, 5.74) is 0.0545. The van der Waals surface area contributed by atoms with Gasteiger partial charge in [-0.15, -0.1) is 0 Å². The molecule has 0 bridgehead atoms. The van der Waals surface area contributed by atoms with Gasteiger partial charge >= 0.3 is 5.97 Å². The third-order valence-corrected chi connectivity index (χ3v) is 2.72. The molecule has 2 N–H and O–H groups in total. The molecule has 0 unspecified atom stereocenters. The summed E-state index contributed by atoms with van der Waals surface area (Å²) in [5, 5.41) is 12.5. The number of hydrogen-bond donors (Lipinski definition) is 2. The van der Waals surface area contributed by atoms with Gasteiger partial charge in [0.05, 0.1) is 19.6 Å². The number of carbonyl (C=O) groups is 1. The summed E-state index contributed by atoms with van der Waals surface area (Å²) in [6, 6.07) is 7.42. The van der Waals surface area contributed by atoms with E-state index in [1.165, 1.54) is 0 Å². The Morgan fingerprint density at radius 1 is 1.29 bits per heavy atom. The predicted octanol–water partition coefficient (Wildman–Crippen LogP) is 1.88. The van der Waals surface area contributed by atoms with E-state index in [0.29, 0.717) is 19.8 Å². The van der Waals surface area contributed by atoms with Crippen LogP contribution < -0.4 is 10.1 Å². The van der Waals surface area contributed by atoms with E-state index in [1.54, 1.807) is 20.8 Å². The Kier molecular flexibility index (Phi) is 7.19. The molecule has 0 aliphatic rings. The lowest BCUT2D eigenvalue weighted by Gasteiger charge is -2.19. The lowest BCUT2D eigenvalue weighted by molar-refractivity contribution is -0.142. The zero-order chi connectivity index (χ0) is 15.7. The van der Waals surface area contributed by atoms with Crippen LogP contribution in [0.4, 0.5) is 0 Å². The van der Waals surface area contributed by atoms with Crippen LogP contribution in [0.2, 0.25) is 0 Å². The molecule has 21 heavy (non-hydrogen) atoms. The van der Waals surface area contributed by atoms with Gasteiger partial charge in [-0.2, -0.15) is 0 Å². The van der Waals surface area contributed by atoms with Gasteiger partial charge in [0.25, 0.3) is 0 Å². The molecular weight excluding hydrogens is 270 g/mol. The van der Waals surface area contributed by atoms with Crippen LogP contribution in [-0.2, 0) is 16.0 Å². The van der Waals surface area contributed by atoms with E-state index in [2.05, 4.69) is 5.32 Å². The van der Waals surface area contributed by atoms with Crippen molar-refractivity contribution >= 4 is 5.97 Å². The minimum absolute atomic E-state index is 0.219. The number of rotatable bonds is 9. The van der Waals surface area contributed by atoms with Crippen LogP contribution in [0, 0.1) is 0 Å². The molecular formula is C16H25NO4. The standard InChI is InChI=1S/C16H25NO4/c1-4-20-15(18)12-13-6-8-14(9-7-13)21-11-5-10-17-16(2,3)19/h6-9,17,19H,4-5,10-12H2,1-3H3. The largest absolute Gasteiger partial charge is 0.494 e. The smallest absolute Gasteiger partial charge is 0.310 e. The van der Waals surface area contributed by atoms with Crippen molar-refractivity contribution in [3.05, 3.63) is 29.8 Å². The Hall–Kier alpha value is -1.59. The highest BCUT2D eigenvalue weighted by atomic mass is 16.5. The number of esters is 1. The molecule has 118 valence electrons. The molecule has 0 radical (unpaired) electrons. The second-order valence-corrected chi connectivity index (χ2v) is 5.31. The highest BCUT2D eigenvalue weighted by Crippen LogP contribution is 2.13. The highest BCUT2D eigenvalue weighted by Gasteiger charge is 2.09. The van der Waals surface area contributed by atoms with E-state index >= 15 is 0 Å². The maximum atomic E-state index is 11.3. The second kappa shape index (κ2) is 8.64. The van der Waals surface area contributed by atoms with Crippen LogP contribution in [0.5, 0.6) is 5.75 Å². The van der Waals surface area contributed by atoms with E-state index in [0.717, 1.165) is 17.7 Å². The molecule has 0 atom stereocenters. The number of nitrogens with one attached hydrogen (secondary N) is 1. The van der Waals surface area contributed by atoms with E-state index in [4.69, 9.17) is 9.47 Å². The number of hydrogen-bond acceptors (Lipinski definition) is 5. The quantitative estimate of drug-likeness (QED) is 0.413. The lowest BCUT2D eigenvalue weighted by atomic mass is 10.1. The first-order chi connectivity index (χ1) is 9.90. The molecule has 0 aliphatic carbocycles. The van der Waals surface area contributed by atoms with Crippen molar-refractivity contribution in [3.63, 3.8) is 0 Å². The summed E-state index contributed by atoms with van der Waals surface area (Å²) in [5.74, 6) is 0.551. The first kappa shape index (κ1) is 17.5. The molecule has 0 heterocycles. The number of ether oxygens (including phenoxy) is 2. The van der Waals surface area contributed by atoms with Gasteiger partial charge in [0, 0.05) is 6.54 Å². The predicted molar refractivity (Wildman–Crippen MR) is 81.2 cm³/mol. The SMILES string of the molecule is CCOC(=O)Cc1ccc(OCCCNC(C)(C)O)cc1. The van der Waals surface area contributed by atoms with Crippen LogP contribution in [-0.4, -0.2) is 36.6 Å². The Bertz CT molecular complexity index is 423. The fourth-order valence-electron chi connectivity index (χ4n) is 1.74. The van der Waals surface area contributed by atoms with E-state index in [9.17, 15) is 9.90 Å². The Morgan fingerprint density at radius 2 is 1.95 bits per heavy atom. The summed E-state index contributed by atoms with van der Waals surface area (Å²) in [4.78, 5) is 11.3. The van der Waals surface area contributed by atoms with Crippen molar-refractivity contribution in [3.8, 4) is 5.75 Å². The minimum Gasteiger partial charge on any atom is -0.494 e. The number of carbonyl (C=O) groups excluding carboxylic acids is 1. The summed E-state index contributed by atoms with van der Waals surface area (Å²) >= 11 is 0. The van der Waals surface area contributed by atoms with Gasteiger partial charge in [0.2, 0.25) is 0 Å². The molecule has 0 fully saturated rings. The van der Waals surface area contributed by atoms with Crippen LogP contribution in [0.3, 0.4) is 0 Å². The third-order valence-electron chi connectivity index (χ3n) is 2.72. The second-order valence-electron chi connectivity index (χ2n) is 5.31. The molecule has 5 nitrogen and oxygen atoms in total. The van der Waals surface area contributed by atoms with Crippen LogP contribution >= 0.6 is 0 Å². The van der Waals surface area contributed by atoms with Gasteiger partial charge in [0.15, 0.2) is 0 Å². The minimum atomic E-state index is -0.852. The zero-order valence-corrected chi connectivity index (χ0v) is 13.0. The fourth-order valence-corrected chi connectivity index (χ4v) is 1.74. The van der Waals surface area contributed by atoms with Crippen molar-refractivity contribution in [2.45, 2.75) is 39.3 Å². The van der Waals surface area contributed by atoms with Crippen molar-refractivity contribution in [1.29, 1.82) is 0 Å². The monoisotopic (exact) mass is 295 g/mol. The van der Waals surface area contributed by atoms with Gasteiger partial charge in [-0.3, -0.25) is 10.1 Å². The summed E-state index contributed by atoms with van der Waals surface area (Å²) in [6.45, 7) is 6.86. The Labute approximate surface area is 126 Å². The molecule has 0 spiro atoms. The van der Waals surface area contributed by atoms with Crippen LogP contribution in [0.25, 0.3) is 0 Å². The van der Waals surface area contributed by atoms with Crippen molar-refractivity contribution < 1.29 is 19.4 Å². The first-order valence-corrected chi connectivity index (χ1v) is 7.25. The summed E-state index contributed by atoms with van der Waals surface area (Å²) in [6.07, 6.45) is 1.08. The number of benzene rings is 1. The normalized spacial score (nSPS) is 11.2. The first-order valence-electron chi connectivity index (χ1n) is 7.25. The number of aliphatic hydroxyl groups is 1. The lowest BCUT2D eigenvalue weighted by Crippen LogP contribution is -2.39. The average molecular weight is 295 g/mol. The molecule has 0 saturated heterocycles. The Morgan fingerprint density at radius 3 is 2.52 bits per heavy atom. The van der Waals surface area contributed by atoms with Crippen molar-refractivity contribution in [2.24, 2.45) is 0 Å². The third kappa shape index (κ3) is 8.32. The Balaban J connectivity index is 2.26. The maximum Gasteiger partial charge on any atom is 0.310 e. The fraction of sp³-hybridized carbons (Fsp3) is 0.562. The summed E-state index contributed by atoms with van der Waals surface area (Å²) in [7, 11) is 0. The van der Waals surface area contributed by atoms with E-state index in [-0.39, 0.29) is 12.4 Å². The zero-order valence-electron chi connectivity index (χ0n) is 13.0. The summed E-state index contributed by atoms with van der Waals surface area (Å²) < 4.78 is 10.5. The maximum absolute atomic E-state index is 11.3. The van der Waals surface area contributed by atoms with Gasteiger partial charge in [-0.1, -0.05) is 12.1 Å². The molecule has 0 amide bonds. The molecule has 5 heteroatoms. The van der Waals surface area contributed by atoms with E-state index in [1.807, 2.05) is 24.3 Å². The molecule has 1 aromatic rings. The van der Waals surface area contributed by atoms with Gasteiger partial charge in [-0.25, -0.2) is 0 Å². The van der Waals surface area contributed by atoms with Gasteiger partial charge in [-0.05, 0) is 44.9 Å². The molecule has 0 saturated carbocycles. The highest BCUT2D eigenvalue weighted by molar-refractivity contribution is 5.72. The van der Waals surface area contributed by atoms with Crippen molar-refractivity contribution in [2.75, 3.05) is 19.8 Å². The average Bonchev–Trinajstić information content (AvgIpc) is 2.39. The topological polar surface area (TPSA) is 67.8 Å². The molecule has 1 rings (SSSR count). The molecule has 1 aromatic carbocycles. The van der Waals surface area contributed by atoms with Crippen LogP contribution in [0.15, 0.2) is 24.3 Å². The van der Waals surface area contributed by atoms with Crippen LogP contribution in [0.1, 0.15) is 32.8 Å². The molecule has 0 aliphatic heterocycles. The van der Waals surface area contributed by atoms with Crippen molar-refractivity contribution in [1.82, 2.24) is 5.32 Å².